The summed E-state index contributed by atoms with van der Waals surface area (Å²) in [4.78, 5) is 4.32. The van der Waals surface area contributed by atoms with Gasteiger partial charge in [-0.3, -0.25) is 0 Å². The molecule has 1 atom stereocenters. The Morgan fingerprint density at radius 1 is 1.22 bits per heavy atom. The van der Waals surface area contributed by atoms with Crippen molar-refractivity contribution in [2.45, 2.75) is 38.6 Å². The average molecular weight is 245 g/mol. The smallest absolute Gasteiger partial charge is 0.229 e. The van der Waals surface area contributed by atoms with E-state index in [2.05, 4.69) is 22.3 Å². The molecule has 0 aliphatic carbocycles. The highest BCUT2D eigenvalue weighted by atomic mass is 16.5. The lowest BCUT2D eigenvalue weighted by Crippen LogP contribution is -2.13. The molecule has 2 rings (SSSR count). The minimum Gasteiger partial charge on any atom is -0.339 e. The van der Waals surface area contributed by atoms with Crippen LogP contribution >= 0.6 is 0 Å². The fourth-order valence-electron chi connectivity index (χ4n) is 1.73. The van der Waals surface area contributed by atoms with E-state index in [1.807, 2.05) is 32.0 Å². The Morgan fingerprint density at radius 2 is 1.94 bits per heavy atom. The lowest BCUT2D eigenvalue weighted by atomic mass is 10.1. The van der Waals surface area contributed by atoms with Crippen LogP contribution in [0.5, 0.6) is 0 Å². The van der Waals surface area contributed by atoms with Gasteiger partial charge in [0, 0.05) is 5.92 Å². The Kier molecular flexibility index (Phi) is 4.10. The van der Waals surface area contributed by atoms with E-state index in [4.69, 9.17) is 10.3 Å². The summed E-state index contributed by atoms with van der Waals surface area (Å²) in [5.41, 5.74) is 7.35. The molecule has 0 spiro atoms. The van der Waals surface area contributed by atoms with Crippen molar-refractivity contribution in [3.63, 3.8) is 0 Å². The van der Waals surface area contributed by atoms with Crippen LogP contribution < -0.4 is 5.73 Å². The van der Waals surface area contributed by atoms with Crippen LogP contribution in [0.15, 0.2) is 34.9 Å². The van der Waals surface area contributed by atoms with Gasteiger partial charge in [-0.25, -0.2) is 0 Å². The van der Waals surface area contributed by atoms with Gasteiger partial charge in [0.15, 0.2) is 5.82 Å². The van der Waals surface area contributed by atoms with Crippen molar-refractivity contribution >= 4 is 0 Å². The second-order valence-corrected chi connectivity index (χ2v) is 4.78. The average Bonchev–Trinajstić information content (AvgIpc) is 2.87. The number of benzene rings is 1. The maximum Gasteiger partial charge on any atom is 0.229 e. The first-order valence-electron chi connectivity index (χ1n) is 6.30. The van der Waals surface area contributed by atoms with E-state index >= 15 is 0 Å². The molecular weight excluding hydrogens is 226 g/mol. The van der Waals surface area contributed by atoms with Gasteiger partial charge in [-0.2, -0.15) is 4.98 Å². The number of nitrogens with zero attached hydrogens (tertiary/aromatic N) is 2. The molecule has 0 bridgehead atoms. The van der Waals surface area contributed by atoms with Gasteiger partial charge in [0.1, 0.15) is 0 Å². The first-order valence-corrected chi connectivity index (χ1v) is 6.30. The quantitative estimate of drug-likeness (QED) is 0.879. The maximum atomic E-state index is 6.07. The molecule has 0 saturated heterocycles. The summed E-state index contributed by atoms with van der Waals surface area (Å²) in [7, 11) is 0. The van der Waals surface area contributed by atoms with Crippen LogP contribution in [0, 0.1) is 0 Å². The van der Waals surface area contributed by atoms with E-state index in [1.165, 1.54) is 5.56 Å². The molecule has 1 unspecified atom stereocenters. The minimum atomic E-state index is -0.165. The fraction of sp³-hybridized carbons (Fsp3) is 0.429. The molecule has 2 N–H and O–H groups in total. The van der Waals surface area contributed by atoms with E-state index in [1.54, 1.807) is 0 Å². The van der Waals surface area contributed by atoms with E-state index in [0.717, 1.165) is 12.8 Å². The zero-order chi connectivity index (χ0) is 13.0. The molecule has 0 aliphatic rings. The first kappa shape index (κ1) is 12.8. The Morgan fingerprint density at radius 3 is 2.56 bits per heavy atom. The molecule has 4 nitrogen and oxygen atoms in total. The van der Waals surface area contributed by atoms with Gasteiger partial charge < -0.3 is 10.3 Å². The molecule has 96 valence electrons. The lowest BCUT2D eigenvalue weighted by Gasteiger charge is -2.06. The molecule has 1 aromatic carbocycles. The normalized spacial score (nSPS) is 12.9. The summed E-state index contributed by atoms with van der Waals surface area (Å²) < 4.78 is 5.16. The molecular formula is C14H19N3O. The Hall–Kier alpha value is -1.68. The highest BCUT2D eigenvalue weighted by Gasteiger charge is 2.15. The predicted octanol–water partition coefficient (Wildman–Crippen LogP) is 2.83. The largest absolute Gasteiger partial charge is 0.339 e. The fourth-order valence-corrected chi connectivity index (χ4v) is 1.73. The van der Waals surface area contributed by atoms with Gasteiger partial charge in [0.2, 0.25) is 5.89 Å². The van der Waals surface area contributed by atoms with E-state index in [-0.39, 0.29) is 12.0 Å². The van der Waals surface area contributed by atoms with Crippen LogP contribution in [-0.4, -0.2) is 10.1 Å². The Labute approximate surface area is 107 Å². The highest BCUT2D eigenvalue weighted by molar-refractivity contribution is 5.15. The third-order valence-electron chi connectivity index (χ3n) is 2.87. The highest BCUT2D eigenvalue weighted by Crippen LogP contribution is 2.17. The molecule has 1 aromatic heterocycles. The summed E-state index contributed by atoms with van der Waals surface area (Å²) in [5, 5.41) is 3.94. The number of nitrogens with two attached hydrogens (primary N) is 1. The second kappa shape index (κ2) is 5.78. The summed E-state index contributed by atoms with van der Waals surface area (Å²) in [5.74, 6) is 1.50. The molecule has 18 heavy (non-hydrogen) atoms. The van der Waals surface area contributed by atoms with Crippen molar-refractivity contribution in [1.29, 1.82) is 0 Å². The summed E-state index contributed by atoms with van der Waals surface area (Å²) >= 11 is 0. The topological polar surface area (TPSA) is 64.9 Å². The zero-order valence-corrected chi connectivity index (χ0v) is 10.8. The van der Waals surface area contributed by atoms with Crippen LogP contribution in [-0.2, 0) is 6.42 Å². The van der Waals surface area contributed by atoms with Crippen molar-refractivity contribution in [2.75, 3.05) is 0 Å². The summed E-state index contributed by atoms with van der Waals surface area (Å²) in [6.45, 7) is 4.04. The van der Waals surface area contributed by atoms with Crippen LogP contribution in [0.3, 0.4) is 0 Å². The van der Waals surface area contributed by atoms with Crippen LogP contribution in [0.4, 0.5) is 0 Å². The molecule has 0 amide bonds. The number of rotatable bonds is 5. The van der Waals surface area contributed by atoms with Crippen molar-refractivity contribution in [3.05, 3.63) is 47.6 Å². The minimum absolute atomic E-state index is 0.165. The third kappa shape index (κ3) is 3.17. The number of aromatic nitrogens is 2. The number of hydrogen-bond acceptors (Lipinski definition) is 4. The van der Waals surface area contributed by atoms with E-state index in [0.29, 0.717) is 11.7 Å². The van der Waals surface area contributed by atoms with E-state index < -0.39 is 0 Å². The Bertz CT molecular complexity index is 479. The van der Waals surface area contributed by atoms with Gasteiger partial charge in [0.05, 0.1) is 6.04 Å². The monoisotopic (exact) mass is 245 g/mol. The molecule has 0 fully saturated rings. The van der Waals surface area contributed by atoms with Crippen molar-refractivity contribution in [3.8, 4) is 0 Å². The van der Waals surface area contributed by atoms with Gasteiger partial charge >= 0.3 is 0 Å². The second-order valence-electron chi connectivity index (χ2n) is 4.78. The lowest BCUT2D eigenvalue weighted by molar-refractivity contribution is 0.357. The van der Waals surface area contributed by atoms with Crippen LogP contribution in [0.2, 0.25) is 0 Å². The standard InChI is InChI=1S/C14H19N3O/c1-10(2)14-16-13(17-18-14)12(15)9-8-11-6-4-3-5-7-11/h3-7,10,12H,8-9,15H2,1-2H3. The molecule has 1 heterocycles. The molecule has 0 radical (unpaired) electrons. The number of hydrogen-bond donors (Lipinski definition) is 1. The molecule has 4 heteroatoms. The summed E-state index contributed by atoms with van der Waals surface area (Å²) in [6.07, 6.45) is 1.74. The van der Waals surface area contributed by atoms with E-state index in [9.17, 15) is 0 Å². The molecule has 0 saturated carbocycles. The van der Waals surface area contributed by atoms with Crippen molar-refractivity contribution < 1.29 is 4.52 Å². The van der Waals surface area contributed by atoms with Gasteiger partial charge in [0.25, 0.3) is 0 Å². The van der Waals surface area contributed by atoms with Crippen molar-refractivity contribution in [2.24, 2.45) is 5.73 Å². The SMILES string of the molecule is CC(C)c1nc(C(N)CCc2ccccc2)no1. The number of aryl methyl sites for hydroxylation is 1. The summed E-state index contributed by atoms with van der Waals surface area (Å²) in [6, 6.07) is 10.1. The van der Waals surface area contributed by atoms with Gasteiger partial charge in [-0.1, -0.05) is 49.3 Å². The Balaban J connectivity index is 1.93. The van der Waals surface area contributed by atoms with Crippen LogP contribution in [0.25, 0.3) is 0 Å². The maximum absolute atomic E-state index is 6.07. The third-order valence-corrected chi connectivity index (χ3v) is 2.87. The zero-order valence-electron chi connectivity index (χ0n) is 10.8. The van der Waals surface area contributed by atoms with Crippen LogP contribution in [0.1, 0.15) is 49.5 Å². The molecule has 2 aromatic rings. The van der Waals surface area contributed by atoms with Crippen molar-refractivity contribution in [1.82, 2.24) is 10.1 Å². The van der Waals surface area contributed by atoms with Gasteiger partial charge in [-0.15, -0.1) is 0 Å². The van der Waals surface area contributed by atoms with Gasteiger partial charge in [-0.05, 0) is 18.4 Å². The predicted molar refractivity (Wildman–Crippen MR) is 70.1 cm³/mol. The molecule has 0 aliphatic heterocycles. The first-order chi connectivity index (χ1) is 8.66.